The van der Waals surface area contributed by atoms with Crippen LogP contribution in [0.5, 0.6) is 0 Å². The maximum Gasteiger partial charge on any atom is 0.195 e. The first-order chi connectivity index (χ1) is 12.2. The van der Waals surface area contributed by atoms with Gasteiger partial charge in [-0.05, 0) is 43.2 Å². The van der Waals surface area contributed by atoms with Crippen LogP contribution in [-0.4, -0.2) is 9.55 Å². The zero-order valence-corrected chi connectivity index (χ0v) is 15.3. The highest BCUT2D eigenvalue weighted by Crippen LogP contribution is 2.28. The van der Waals surface area contributed by atoms with E-state index in [1.807, 2.05) is 6.07 Å². The summed E-state index contributed by atoms with van der Waals surface area (Å²) in [5, 5.41) is 4.59. The Morgan fingerprint density at radius 1 is 0.960 bits per heavy atom. The van der Waals surface area contributed by atoms with Crippen molar-refractivity contribution in [2.45, 2.75) is 26.9 Å². The predicted molar refractivity (Wildman–Crippen MR) is 105 cm³/mol. The van der Waals surface area contributed by atoms with Crippen LogP contribution in [-0.2, 0) is 13.1 Å². The van der Waals surface area contributed by atoms with Gasteiger partial charge in [0.1, 0.15) is 0 Å². The summed E-state index contributed by atoms with van der Waals surface area (Å²) in [6.07, 6.45) is 0. The van der Waals surface area contributed by atoms with E-state index >= 15 is 0 Å². The number of aromatic nitrogens is 2. The second-order valence-electron chi connectivity index (χ2n) is 6.29. The molecule has 3 nitrogen and oxygen atoms in total. The first kappa shape index (κ1) is 16.1. The van der Waals surface area contributed by atoms with Crippen molar-refractivity contribution in [3.63, 3.8) is 0 Å². The molecule has 4 heteroatoms. The molecule has 0 saturated heterocycles. The molecule has 2 heterocycles. The van der Waals surface area contributed by atoms with Crippen LogP contribution in [0.15, 0.2) is 60.7 Å². The number of nitrogens with one attached hydrogen (secondary N) is 1. The largest absolute Gasteiger partial charge is 0.309 e. The van der Waals surface area contributed by atoms with Crippen molar-refractivity contribution in [1.29, 1.82) is 0 Å². The number of para-hydroxylation sites is 1. The van der Waals surface area contributed by atoms with Gasteiger partial charge in [0.2, 0.25) is 0 Å². The Morgan fingerprint density at radius 3 is 2.52 bits per heavy atom. The van der Waals surface area contributed by atoms with Gasteiger partial charge in [0, 0.05) is 24.5 Å². The number of thiazole rings is 1. The maximum absolute atomic E-state index is 4.81. The van der Waals surface area contributed by atoms with Crippen LogP contribution in [0.1, 0.15) is 22.5 Å². The Bertz CT molecular complexity index is 966. The lowest BCUT2D eigenvalue weighted by atomic mass is 10.2. The summed E-state index contributed by atoms with van der Waals surface area (Å²) in [6.45, 7) is 6.07. The standard InChI is InChI=1S/C21H21N3S/c1-15-12-18(14-22-13-17-8-4-3-5-9-17)16(2)24(15)21-23-19-10-6-7-11-20(19)25-21/h3-12,22H,13-14H2,1-2H3. The molecule has 0 aliphatic carbocycles. The number of hydrogen-bond acceptors (Lipinski definition) is 3. The van der Waals surface area contributed by atoms with Gasteiger partial charge in [-0.25, -0.2) is 4.98 Å². The number of fused-ring (bicyclic) bond motifs is 1. The average molecular weight is 347 g/mol. The maximum atomic E-state index is 4.81. The molecule has 4 aromatic rings. The summed E-state index contributed by atoms with van der Waals surface area (Å²) in [4.78, 5) is 4.81. The summed E-state index contributed by atoms with van der Waals surface area (Å²) in [5.41, 5.74) is 6.19. The van der Waals surface area contributed by atoms with Gasteiger partial charge in [-0.2, -0.15) is 0 Å². The molecule has 0 atom stereocenters. The lowest BCUT2D eigenvalue weighted by Crippen LogP contribution is -2.13. The van der Waals surface area contributed by atoms with E-state index in [0.717, 1.165) is 23.7 Å². The second-order valence-corrected chi connectivity index (χ2v) is 7.29. The molecule has 0 spiro atoms. The molecule has 25 heavy (non-hydrogen) atoms. The molecule has 2 aromatic carbocycles. The Morgan fingerprint density at radius 2 is 1.72 bits per heavy atom. The van der Waals surface area contributed by atoms with Gasteiger partial charge in [0.25, 0.3) is 0 Å². The molecule has 0 unspecified atom stereocenters. The van der Waals surface area contributed by atoms with Crippen molar-refractivity contribution in [2.75, 3.05) is 0 Å². The van der Waals surface area contributed by atoms with E-state index in [-0.39, 0.29) is 0 Å². The smallest absolute Gasteiger partial charge is 0.195 e. The number of rotatable bonds is 5. The zero-order chi connectivity index (χ0) is 17.2. The van der Waals surface area contributed by atoms with Crippen LogP contribution in [0.2, 0.25) is 0 Å². The summed E-state index contributed by atoms with van der Waals surface area (Å²) in [5.74, 6) is 0. The van der Waals surface area contributed by atoms with E-state index in [9.17, 15) is 0 Å². The summed E-state index contributed by atoms with van der Waals surface area (Å²) >= 11 is 1.74. The first-order valence-electron chi connectivity index (χ1n) is 8.51. The van der Waals surface area contributed by atoms with E-state index in [4.69, 9.17) is 4.98 Å². The molecular formula is C21H21N3S. The number of hydrogen-bond donors (Lipinski definition) is 1. The molecule has 1 N–H and O–H groups in total. The third-order valence-corrected chi connectivity index (χ3v) is 5.52. The van der Waals surface area contributed by atoms with Gasteiger partial charge in [0.15, 0.2) is 5.13 Å². The number of benzene rings is 2. The van der Waals surface area contributed by atoms with E-state index in [2.05, 4.69) is 78.3 Å². The minimum Gasteiger partial charge on any atom is -0.309 e. The fraction of sp³-hybridized carbons (Fsp3) is 0.190. The SMILES string of the molecule is Cc1cc(CNCc2ccccc2)c(C)n1-c1nc2ccccc2s1. The van der Waals surface area contributed by atoms with Gasteiger partial charge in [-0.1, -0.05) is 53.8 Å². The number of aryl methyl sites for hydroxylation is 1. The van der Waals surface area contributed by atoms with Gasteiger partial charge >= 0.3 is 0 Å². The minimum atomic E-state index is 0.861. The molecule has 0 amide bonds. The molecule has 0 bridgehead atoms. The van der Waals surface area contributed by atoms with Crippen molar-refractivity contribution in [3.8, 4) is 5.13 Å². The van der Waals surface area contributed by atoms with Crippen molar-refractivity contribution in [1.82, 2.24) is 14.9 Å². The molecule has 4 rings (SSSR count). The highest BCUT2D eigenvalue weighted by Gasteiger charge is 2.13. The Balaban J connectivity index is 1.56. The van der Waals surface area contributed by atoms with Crippen molar-refractivity contribution in [3.05, 3.63) is 83.2 Å². The first-order valence-corrected chi connectivity index (χ1v) is 9.32. The minimum absolute atomic E-state index is 0.861. The van der Waals surface area contributed by atoms with Crippen molar-refractivity contribution >= 4 is 21.6 Å². The Labute approximate surface area is 152 Å². The normalized spacial score (nSPS) is 11.3. The zero-order valence-electron chi connectivity index (χ0n) is 14.5. The van der Waals surface area contributed by atoms with Gasteiger partial charge in [0.05, 0.1) is 10.2 Å². The lowest BCUT2D eigenvalue weighted by molar-refractivity contribution is 0.689. The van der Waals surface area contributed by atoms with Crippen LogP contribution in [0, 0.1) is 13.8 Å². The molecule has 2 aromatic heterocycles. The Hall–Kier alpha value is -2.43. The molecule has 126 valence electrons. The van der Waals surface area contributed by atoms with E-state index in [0.29, 0.717) is 0 Å². The second kappa shape index (κ2) is 6.82. The molecule has 0 aliphatic rings. The van der Waals surface area contributed by atoms with Crippen molar-refractivity contribution in [2.24, 2.45) is 0 Å². The Kier molecular flexibility index (Phi) is 4.38. The van der Waals surface area contributed by atoms with E-state index in [1.165, 1.54) is 27.2 Å². The molecule has 0 aliphatic heterocycles. The summed E-state index contributed by atoms with van der Waals surface area (Å²) < 4.78 is 3.50. The van der Waals surface area contributed by atoms with Crippen LogP contribution >= 0.6 is 11.3 Å². The molecule has 0 fully saturated rings. The third-order valence-electron chi connectivity index (χ3n) is 4.50. The average Bonchev–Trinajstić information content (AvgIpc) is 3.16. The number of nitrogens with zero attached hydrogens (tertiary/aromatic N) is 2. The van der Waals surface area contributed by atoms with Gasteiger partial charge in [-0.15, -0.1) is 0 Å². The fourth-order valence-electron chi connectivity index (χ4n) is 3.20. The monoisotopic (exact) mass is 347 g/mol. The predicted octanol–water partition coefficient (Wildman–Crippen LogP) is 4.99. The van der Waals surface area contributed by atoms with E-state index in [1.54, 1.807) is 11.3 Å². The third kappa shape index (κ3) is 3.23. The molecular weight excluding hydrogens is 326 g/mol. The van der Waals surface area contributed by atoms with Crippen LogP contribution in [0.3, 0.4) is 0 Å². The molecule has 0 radical (unpaired) electrons. The van der Waals surface area contributed by atoms with Gasteiger partial charge < -0.3 is 5.32 Å². The lowest BCUT2D eigenvalue weighted by Gasteiger charge is -2.07. The topological polar surface area (TPSA) is 29.9 Å². The van der Waals surface area contributed by atoms with Gasteiger partial charge in [-0.3, -0.25) is 4.57 Å². The molecule has 0 saturated carbocycles. The van der Waals surface area contributed by atoms with Crippen LogP contribution < -0.4 is 5.32 Å². The van der Waals surface area contributed by atoms with Crippen molar-refractivity contribution < 1.29 is 0 Å². The highest BCUT2D eigenvalue weighted by molar-refractivity contribution is 7.20. The summed E-state index contributed by atoms with van der Waals surface area (Å²) in [6, 6.07) is 21.1. The van der Waals surface area contributed by atoms with Crippen LogP contribution in [0.25, 0.3) is 15.3 Å². The quantitative estimate of drug-likeness (QED) is 0.551. The van der Waals surface area contributed by atoms with Crippen LogP contribution in [0.4, 0.5) is 0 Å². The fourth-order valence-corrected chi connectivity index (χ4v) is 4.27. The highest BCUT2D eigenvalue weighted by atomic mass is 32.1. The van der Waals surface area contributed by atoms with E-state index < -0.39 is 0 Å². The summed E-state index contributed by atoms with van der Waals surface area (Å²) in [7, 11) is 0.